The second kappa shape index (κ2) is 7.03. The molecule has 0 aliphatic carbocycles. The molecule has 0 spiro atoms. The second-order valence-corrected chi connectivity index (χ2v) is 7.59. The van der Waals surface area contributed by atoms with Crippen molar-refractivity contribution >= 4 is 17.8 Å². The molecule has 0 atom stereocenters. The van der Waals surface area contributed by atoms with E-state index in [2.05, 4.69) is 82.5 Å². The van der Waals surface area contributed by atoms with E-state index in [0.29, 0.717) is 0 Å². The number of nitrogens with zero attached hydrogens (tertiary/aromatic N) is 2. The van der Waals surface area contributed by atoms with Crippen LogP contribution in [0.25, 0.3) is 17.8 Å². The Labute approximate surface area is 161 Å². The van der Waals surface area contributed by atoms with E-state index in [1.54, 1.807) is 16.8 Å². The Bertz CT molecular complexity index is 940. The van der Waals surface area contributed by atoms with Crippen molar-refractivity contribution in [1.82, 2.24) is 0 Å². The van der Waals surface area contributed by atoms with E-state index >= 15 is 0 Å². The van der Waals surface area contributed by atoms with Crippen LogP contribution in [-0.4, -0.2) is 13.1 Å². The summed E-state index contributed by atoms with van der Waals surface area (Å²) in [6.07, 6.45) is 13.8. The average Bonchev–Trinajstić information content (AvgIpc) is 2.74. The van der Waals surface area contributed by atoms with Crippen molar-refractivity contribution in [1.29, 1.82) is 0 Å². The zero-order valence-corrected chi connectivity index (χ0v) is 15.6. The van der Waals surface area contributed by atoms with E-state index in [1.807, 2.05) is 6.07 Å². The monoisotopic (exact) mass is 353 g/mol. The van der Waals surface area contributed by atoms with Crippen LogP contribution in [0.5, 0.6) is 0 Å². The lowest BCUT2D eigenvalue weighted by Gasteiger charge is -2.37. The van der Waals surface area contributed by atoms with Gasteiger partial charge in [-0.3, -0.25) is 0 Å². The van der Waals surface area contributed by atoms with E-state index in [-0.39, 0.29) is 0 Å². The van der Waals surface area contributed by atoms with Gasteiger partial charge in [0, 0.05) is 43.0 Å². The van der Waals surface area contributed by atoms with Crippen LogP contribution in [0.1, 0.15) is 35.1 Å². The van der Waals surface area contributed by atoms with Gasteiger partial charge in [0.05, 0.1) is 0 Å². The molecule has 0 bridgehead atoms. The largest absolute Gasteiger partial charge is 0.371 e. The molecule has 3 heterocycles. The maximum Gasteiger partial charge on any atom is 0.210 e. The number of aromatic nitrogens is 1. The summed E-state index contributed by atoms with van der Waals surface area (Å²) in [6.45, 7) is 2.47. The maximum atomic E-state index is 2.60. The number of anilines is 1. The summed E-state index contributed by atoms with van der Waals surface area (Å²) in [7, 11) is 0. The molecule has 134 valence electrons. The smallest absolute Gasteiger partial charge is 0.210 e. The van der Waals surface area contributed by atoms with Gasteiger partial charge < -0.3 is 4.90 Å². The molecule has 0 fully saturated rings. The molecule has 0 unspecified atom stereocenters. The molecule has 3 aromatic rings. The molecule has 0 saturated heterocycles. The second-order valence-electron chi connectivity index (χ2n) is 7.59. The normalized spacial score (nSPS) is 15.8. The van der Waals surface area contributed by atoms with Crippen LogP contribution in [0.4, 0.5) is 5.69 Å². The van der Waals surface area contributed by atoms with Gasteiger partial charge in [0.25, 0.3) is 0 Å². The van der Waals surface area contributed by atoms with Crippen molar-refractivity contribution in [3.05, 3.63) is 89.2 Å². The SMILES string of the molecule is C(=C\c1cc2c3c(c1)CCCN3CCC2)/c1cc[n+](-c2ccccc2)cc1. The highest BCUT2D eigenvalue weighted by molar-refractivity contribution is 5.74. The summed E-state index contributed by atoms with van der Waals surface area (Å²) in [5.41, 5.74) is 8.41. The highest BCUT2D eigenvalue weighted by Gasteiger charge is 2.23. The van der Waals surface area contributed by atoms with Crippen LogP contribution in [-0.2, 0) is 12.8 Å². The highest BCUT2D eigenvalue weighted by atomic mass is 15.1. The molecule has 0 amide bonds. The number of hydrogen-bond acceptors (Lipinski definition) is 1. The summed E-state index contributed by atoms with van der Waals surface area (Å²) in [5.74, 6) is 0. The fourth-order valence-electron chi connectivity index (χ4n) is 4.44. The van der Waals surface area contributed by atoms with Crippen molar-refractivity contribution < 1.29 is 4.57 Å². The Morgan fingerprint density at radius 1 is 0.741 bits per heavy atom. The van der Waals surface area contributed by atoms with Crippen LogP contribution in [0.2, 0.25) is 0 Å². The first kappa shape index (κ1) is 16.3. The average molecular weight is 353 g/mol. The van der Waals surface area contributed by atoms with Gasteiger partial charge in [-0.2, -0.15) is 4.57 Å². The highest BCUT2D eigenvalue weighted by Crippen LogP contribution is 2.36. The van der Waals surface area contributed by atoms with Gasteiger partial charge in [0.1, 0.15) is 0 Å². The Morgan fingerprint density at radius 3 is 2.04 bits per heavy atom. The van der Waals surface area contributed by atoms with Gasteiger partial charge in [-0.1, -0.05) is 30.4 Å². The summed E-state index contributed by atoms with van der Waals surface area (Å²) in [6, 6.07) is 19.6. The molecular formula is C25H25N2+. The first-order valence-electron chi connectivity index (χ1n) is 10.0. The first-order chi connectivity index (χ1) is 13.4. The minimum atomic E-state index is 1.19. The molecule has 2 heteroatoms. The number of benzene rings is 2. The van der Waals surface area contributed by atoms with Crippen LogP contribution >= 0.6 is 0 Å². The first-order valence-corrected chi connectivity index (χ1v) is 10.0. The number of rotatable bonds is 3. The molecular weight excluding hydrogens is 328 g/mol. The standard InChI is InChI=1S/C25H25N2/c1-2-8-24(9-3-1)26-16-12-20(13-17-26)10-11-21-18-22-6-4-14-27-15-5-7-23(19-21)25(22)27/h1-3,8-13,16-19H,4-7,14-15H2/q+1. The number of aryl methyl sites for hydroxylation is 2. The minimum Gasteiger partial charge on any atom is -0.371 e. The topological polar surface area (TPSA) is 7.12 Å². The number of para-hydroxylation sites is 1. The molecule has 2 aliphatic heterocycles. The third-order valence-electron chi connectivity index (χ3n) is 5.73. The fourth-order valence-corrected chi connectivity index (χ4v) is 4.44. The van der Waals surface area contributed by atoms with Crippen molar-refractivity contribution in [3.63, 3.8) is 0 Å². The van der Waals surface area contributed by atoms with Crippen molar-refractivity contribution in [2.24, 2.45) is 0 Å². The predicted octanol–water partition coefficient (Wildman–Crippen LogP) is 4.83. The molecule has 2 nitrogen and oxygen atoms in total. The van der Waals surface area contributed by atoms with Crippen LogP contribution < -0.4 is 9.47 Å². The molecule has 0 N–H and O–H groups in total. The lowest BCUT2D eigenvalue weighted by molar-refractivity contribution is -0.595. The third kappa shape index (κ3) is 3.28. The molecule has 5 rings (SSSR count). The van der Waals surface area contributed by atoms with Crippen LogP contribution in [0, 0.1) is 0 Å². The van der Waals surface area contributed by atoms with E-state index < -0.39 is 0 Å². The fraction of sp³-hybridized carbons (Fsp3) is 0.240. The Hall–Kier alpha value is -2.87. The predicted molar refractivity (Wildman–Crippen MR) is 112 cm³/mol. The third-order valence-corrected chi connectivity index (χ3v) is 5.73. The van der Waals surface area contributed by atoms with Crippen LogP contribution in [0.3, 0.4) is 0 Å². The molecule has 2 aliphatic rings. The molecule has 1 aromatic heterocycles. The van der Waals surface area contributed by atoms with Gasteiger partial charge in [-0.25, -0.2) is 0 Å². The zero-order valence-electron chi connectivity index (χ0n) is 15.6. The van der Waals surface area contributed by atoms with E-state index in [4.69, 9.17) is 0 Å². The number of pyridine rings is 1. The van der Waals surface area contributed by atoms with E-state index in [0.717, 1.165) is 0 Å². The Kier molecular flexibility index (Phi) is 4.25. The summed E-state index contributed by atoms with van der Waals surface area (Å²) >= 11 is 0. The summed E-state index contributed by atoms with van der Waals surface area (Å²) in [4.78, 5) is 2.60. The maximum absolute atomic E-state index is 2.60. The molecule has 27 heavy (non-hydrogen) atoms. The zero-order chi connectivity index (χ0) is 18.1. The Morgan fingerprint density at radius 2 is 1.37 bits per heavy atom. The molecule has 0 radical (unpaired) electrons. The van der Waals surface area contributed by atoms with Gasteiger partial charge >= 0.3 is 0 Å². The molecule has 2 aromatic carbocycles. The van der Waals surface area contributed by atoms with Gasteiger partial charge in [0.15, 0.2) is 12.4 Å². The lowest BCUT2D eigenvalue weighted by atomic mass is 9.90. The Balaban J connectivity index is 1.40. The van der Waals surface area contributed by atoms with Gasteiger partial charge in [0.2, 0.25) is 5.69 Å². The van der Waals surface area contributed by atoms with Gasteiger partial charge in [-0.05, 0) is 60.1 Å². The minimum absolute atomic E-state index is 1.19. The lowest BCUT2D eigenvalue weighted by Crippen LogP contribution is -2.34. The summed E-state index contributed by atoms with van der Waals surface area (Å²) < 4.78 is 2.15. The molecule has 0 saturated carbocycles. The van der Waals surface area contributed by atoms with Crippen LogP contribution in [0.15, 0.2) is 67.0 Å². The van der Waals surface area contributed by atoms with E-state index in [1.165, 1.54) is 55.6 Å². The number of hydrogen-bond donors (Lipinski definition) is 0. The quantitative estimate of drug-likeness (QED) is 0.612. The van der Waals surface area contributed by atoms with E-state index in [9.17, 15) is 0 Å². The van der Waals surface area contributed by atoms with Crippen molar-refractivity contribution in [2.45, 2.75) is 25.7 Å². The van der Waals surface area contributed by atoms with Crippen molar-refractivity contribution in [2.75, 3.05) is 18.0 Å². The summed E-state index contributed by atoms with van der Waals surface area (Å²) in [5, 5.41) is 0. The van der Waals surface area contributed by atoms with Gasteiger partial charge in [-0.15, -0.1) is 0 Å². The van der Waals surface area contributed by atoms with Crippen molar-refractivity contribution in [3.8, 4) is 5.69 Å².